The maximum Gasteiger partial charge on any atom is 0.411 e. The maximum atomic E-state index is 12.8. The van der Waals surface area contributed by atoms with E-state index in [1.165, 1.54) is 9.80 Å². The molecule has 0 aromatic heterocycles. The number of hydrogen-bond donors (Lipinski definition) is 0. The molecule has 1 heterocycles. The number of aldehydes is 1. The summed E-state index contributed by atoms with van der Waals surface area (Å²) in [7, 11) is 0. The van der Waals surface area contributed by atoms with E-state index in [0.717, 1.165) is 22.3 Å². The lowest BCUT2D eigenvalue weighted by Gasteiger charge is -2.38. The lowest BCUT2D eigenvalue weighted by Crippen LogP contribution is -2.58. The molecule has 0 saturated carbocycles. The predicted octanol–water partition coefficient (Wildman–Crippen LogP) is 4.06. The number of piperazine rings is 1. The number of carbonyl (C=O) groups excluding carboxylic acids is 3. The SMILES string of the molecule is CC(C)(C)OC(=O)N1CCN(C(=O)OCC2c3ccccc3-c3ccccc32)CC1C=O. The minimum atomic E-state index is -0.765. The molecule has 2 aliphatic rings. The van der Waals surface area contributed by atoms with Crippen LogP contribution in [0.25, 0.3) is 11.1 Å². The van der Waals surface area contributed by atoms with Gasteiger partial charge in [0.1, 0.15) is 24.5 Å². The van der Waals surface area contributed by atoms with Crippen molar-refractivity contribution in [2.75, 3.05) is 26.2 Å². The highest BCUT2D eigenvalue weighted by molar-refractivity contribution is 5.79. The third-order valence-electron chi connectivity index (χ3n) is 5.80. The van der Waals surface area contributed by atoms with Gasteiger partial charge in [-0.3, -0.25) is 4.90 Å². The monoisotopic (exact) mass is 436 g/mol. The van der Waals surface area contributed by atoms with Gasteiger partial charge in [-0.25, -0.2) is 9.59 Å². The minimum Gasteiger partial charge on any atom is -0.448 e. The molecule has 0 spiro atoms. The van der Waals surface area contributed by atoms with E-state index in [-0.39, 0.29) is 32.2 Å². The van der Waals surface area contributed by atoms with Gasteiger partial charge in [0.05, 0.1) is 6.54 Å². The number of amides is 2. The van der Waals surface area contributed by atoms with Crippen molar-refractivity contribution in [3.63, 3.8) is 0 Å². The zero-order valence-corrected chi connectivity index (χ0v) is 18.6. The molecular weight excluding hydrogens is 408 g/mol. The molecule has 7 nitrogen and oxygen atoms in total. The number of fused-ring (bicyclic) bond motifs is 3. The quantitative estimate of drug-likeness (QED) is 0.679. The van der Waals surface area contributed by atoms with Crippen molar-refractivity contribution in [2.24, 2.45) is 0 Å². The van der Waals surface area contributed by atoms with Crippen LogP contribution in [0.15, 0.2) is 48.5 Å². The standard InChI is InChI=1S/C25H28N2O5/c1-25(2,3)32-24(30)27-13-12-26(14-17(27)15-28)23(29)31-16-22-20-10-6-4-8-18(20)19-9-5-7-11-21(19)22/h4-11,15,17,22H,12-14,16H2,1-3H3. The fourth-order valence-electron chi connectivity index (χ4n) is 4.32. The van der Waals surface area contributed by atoms with Crippen LogP contribution in [-0.2, 0) is 14.3 Å². The smallest absolute Gasteiger partial charge is 0.411 e. The lowest BCUT2D eigenvalue weighted by atomic mass is 9.98. The first kappa shape index (κ1) is 21.9. The molecule has 168 valence electrons. The summed E-state index contributed by atoms with van der Waals surface area (Å²) in [5, 5.41) is 0. The molecule has 7 heteroatoms. The number of benzene rings is 2. The highest BCUT2D eigenvalue weighted by Crippen LogP contribution is 2.44. The van der Waals surface area contributed by atoms with Crippen LogP contribution < -0.4 is 0 Å². The second-order valence-corrected chi connectivity index (χ2v) is 9.13. The topological polar surface area (TPSA) is 76.2 Å². The summed E-state index contributed by atoms with van der Waals surface area (Å²) in [4.78, 5) is 39.7. The van der Waals surface area contributed by atoms with E-state index in [4.69, 9.17) is 9.47 Å². The Balaban J connectivity index is 1.40. The van der Waals surface area contributed by atoms with Gasteiger partial charge in [-0.05, 0) is 43.0 Å². The minimum absolute atomic E-state index is 0.0312. The van der Waals surface area contributed by atoms with E-state index in [1.54, 1.807) is 20.8 Å². The summed E-state index contributed by atoms with van der Waals surface area (Å²) < 4.78 is 11.1. The number of ether oxygens (including phenoxy) is 2. The Labute approximate surface area is 187 Å². The highest BCUT2D eigenvalue weighted by atomic mass is 16.6. The zero-order valence-electron chi connectivity index (χ0n) is 18.6. The van der Waals surface area contributed by atoms with Crippen molar-refractivity contribution in [3.8, 4) is 11.1 Å². The second-order valence-electron chi connectivity index (χ2n) is 9.13. The normalized spacial score (nSPS) is 18.0. The maximum absolute atomic E-state index is 12.8. The van der Waals surface area contributed by atoms with Crippen LogP contribution in [0.2, 0.25) is 0 Å². The summed E-state index contributed by atoms with van der Waals surface area (Å²) in [6.45, 7) is 6.10. The molecule has 2 aromatic rings. The summed E-state index contributed by atoms with van der Waals surface area (Å²) in [5.74, 6) is -0.0312. The number of hydrogen-bond acceptors (Lipinski definition) is 5. The van der Waals surface area contributed by atoms with E-state index < -0.39 is 23.8 Å². The van der Waals surface area contributed by atoms with Gasteiger partial charge in [0.15, 0.2) is 0 Å². The van der Waals surface area contributed by atoms with Crippen LogP contribution in [0.3, 0.4) is 0 Å². The number of rotatable bonds is 3. The lowest BCUT2D eigenvalue weighted by molar-refractivity contribution is -0.114. The average Bonchev–Trinajstić information content (AvgIpc) is 3.09. The van der Waals surface area contributed by atoms with Gasteiger partial charge in [0.25, 0.3) is 0 Å². The van der Waals surface area contributed by atoms with E-state index in [2.05, 4.69) is 24.3 Å². The average molecular weight is 437 g/mol. The van der Waals surface area contributed by atoms with Crippen molar-refractivity contribution in [2.45, 2.75) is 38.3 Å². The van der Waals surface area contributed by atoms with Gasteiger partial charge >= 0.3 is 12.2 Å². The van der Waals surface area contributed by atoms with E-state index in [9.17, 15) is 14.4 Å². The first-order chi connectivity index (χ1) is 15.3. The Bertz CT molecular complexity index is 983. The Morgan fingerprint density at radius 3 is 2.12 bits per heavy atom. The summed E-state index contributed by atoms with van der Waals surface area (Å²) in [6.07, 6.45) is -0.364. The van der Waals surface area contributed by atoms with E-state index >= 15 is 0 Å². The van der Waals surface area contributed by atoms with Crippen molar-refractivity contribution >= 4 is 18.5 Å². The number of nitrogens with zero attached hydrogens (tertiary/aromatic N) is 2. The van der Waals surface area contributed by atoms with Crippen molar-refractivity contribution in [3.05, 3.63) is 59.7 Å². The van der Waals surface area contributed by atoms with Gasteiger partial charge in [0.2, 0.25) is 0 Å². The fourth-order valence-corrected chi connectivity index (χ4v) is 4.32. The zero-order chi connectivity index (χ0) is 22.9. The fraction of sp³-hybridized carbons (Fsp3) is 0.400. The van der Waals surface area contributed by atoms with Gasteiger partial charge in [-0.15, -0.1) is 0 Å². The molecule has 1 fully saturated rings. The van der Waals surface area contributed by atoms with Crippen LogP contribution in [0.4, 0.5) is 9.59 Å². The van der Waals surface area contributed by atoms with E-state index in [0.29, 0.717) is 6.29 Å². The predicted molar refractivity (Wildman–Crippen MR) is 119 cm³/mol. The molecule has 1 aliphatic heterocycles. The first-order valence-corrected chi connectivity index (χ1v) is 10.8. The highest BCUT2D eigenvalue weighted by Gasteiger charge is 2.36. The molecule has 0 N–H and O–H groups in total. The Kier molecular flexibility index (Phi) is 5.91. The van der Waals surface area contributed by atoms with Crippen molar-refractivity contribution in [1.82, 2.24) is 9.80 Å². The molecule has 1 saturated heterocycles. The molecule has 2 amide bonds. The molecule has 1 atom stereocenters. The van der Waals surface area contributed by atoms with Gasteiger partial charge < -0.3 is 19.2 Å². The molecule has 1 unspecified atom stereocenters. The van der Waals surface area contributed by atoms with Crippen molar-refractivity contribution in [1.29, 1.82) is 0 Å². The van der Waals surface area contributed by atoms with Crippen LogP contribution in [0, 0.1) is 0 Å². The van der Waals surface area contributed by atoms with E-state index in [1.807, 2.05) is 24.3 Å². The summed E-state index contributed by atoms with van der Waals surface area (Å²) in [6, 6.07) is 15.5. The Morgan fingerprint density at radius 2 is 1.56 bits per heavy atom. The molecule has 0 radical (unpaired) electrons. The largest absolute Gasteiger partial charge is 0.448 e. The Morgan fingerprint density at radius 1 is 0.969 bits per heavy atom. The molecule has 4 rings (SSSR count). The van der Waals surface area contributed by atoms with Gasteiger partial charge in [-0.2, -0.15) is 0 Å². The third-order valence-corrected chi connectivity index (χ3v) is 5.80. The molecular formula is C25H28N2O5. The number of carbonyl (C=O) groups is 3. The van der Waals surface area contributed by atoms with Gasteiger partial charge in [-0.1, -0.05) is 48.5 Å². The first-order valence-electron chi connectivity index (χ1n) is 10.8. The second kappa shape index (κ2) is 8.65. The molecule has 0 bridgehead atoms. The summed E-state index contributed by atoms with van der Waals surface area (Å²) >= 11 is 0. The van der Waals surface area contributed by atoms with Crippen LogP contribution in [-0.4, -0.2) is 66.2 Å². The Hall–Kier alpha value is -3.35. The molecule has 32 heavy (non-hydrogen) atoms. The third kappa shape index (κ3) is 4.33. The summed E-state index contributed by atoms with van der Waals surface area (Å²) in [5.41, 5.74) is 3.95. The molecule has 2 aromatic carbocycles. The van der Waals surface area contributed by atoms with Crippen LogP contribution in [0.1, 0.15) is 37.8 Å². The van der Waals surface area contributed by atoms with Crippen LogP contribution >= 0.6 is 0 Å². The van der Waals surface area contributed by atoms with Crippen molar-refractivity contribution < 1.29 is 23.9 Å². The van der Waals surface area contributed by atoms with Gasteiger partial charge in [0, 0.05) is 19.0 Å². The molecule has 1 aliphatic carbocycles. The van der Waals surface area contributed by atoms with Crippen LogP contribution in [0.5, 0.6) is 0 Å².